The first-order valence-corrected chi connectivity index (χ1v) is 7.81. The number of nitrogens with one attached hydrogen (secondary N) is 1. The lowest BCUT2D eigenvalue weighted by atomic mass is 10.2. The second-order valence-electron chi connectivity index (χ2n) is 5.41. The van der Waals surface area contributed by atoms with Crippen molar-refractivity contribution in [2.24, 2.45) is 5.73 Å². The number of hydrogen-bond donors (Lipinski definition) is 2. The van der Waals surface area contributed by atoms with E-state index in [-0.39, 0.29) is 12.5 Å². The normalized spacial score (nSPS) is 15.6. The number of piperazine rings is 1. The van der Waals surface area contributed by atoms with E-state index in [1.54, 1.807) is 7.11 Å². The first-order chi connectivity index (χ1) is 10.7. The Bertz CT molecular complexity index is 473. The Balaban J connectivity index is 1.73. The first kappa shape index (κ1) is 16.6. The molecule has 0 saturated carbocycles. The second kappa shape index (κ2) is 8.60. The minimum absolute atomic E-state index is 0.0670. The van der Waals surface area contributed by atoms with Crippen LogP contribution >= 0.6 is 0 Å². The van der Waals surface area contributed by atoms with E-state index in [1.165, 1.54) is 5.69 Å². The molecule has 1 aliphatic heterocycles. The van der Waals surface area contributed by atoms with Gasteiger partial charge < -0.3 is 20.7 Å². The number of nitrogens with zero attached hydrogens (tertiary/aromatic N) is 2. The standard InChI is InChI=1S/C16H26N4O2/c1-22-15-6-3-2-5-14(15)20-11-9-19(10-12-20)8-4-7-18-16(21)13-17/h2-3,5-6H,4,7-13,17H2,1H3,(H,18,21). The highest BCUT2D eigenvalue weighted by atomic mass is 16.5. The zero-order valence-corrected chi connectivity index (χ0v) is 13.3. The number of hydrogen-bond acceptors (Lipinski definition) is 5. The monoisotopic (exact) mass is 306 g/mol. The maximum atomic E-state index is 11.1. The molecule has 6 heteroatoms. The molecule has 1 aliphatic rings. The maximum absolute atomic E-state index is 11.1. The van der Waals surface area contributed by atoms with Gasteiger partial charge in [-0.1, -0.05) is 12.1 Å². The predicted molar refractivity (Wildman–Crippen MR) is 88.3 cm³/mol. The van der Waals surface area contributed by atoms with Crippen molar-refractivity contribution in [1.82, 2.24) is 10.2 Å². The third kappa shape index (κ3) is 4.61. The minimum Gasteiger partial charge on any atom is -0.495 e. The number of nitrogens with two attached hydrogens (primary N) is 1. The van der Waals surface area contributed by atoms with E-state index < -0.39 is 0 Å². The lowest BCUT2D eigenvalue weighted by Crippen LogP contribution is -2.47. The number of methoxy groups -OCH3 is 1. The SMILES string of the molecule is COc1ccccc1N1CCN(CCCNC(=O)CN)CC1. The smallest absolute Gasteiger partial charge is 0.233 e. The van der Waals surface area contributed by atoms with Crippen LogP contribution in [0.2, 0.25) is 0 Å². The van der Waals surface area contributed by atoms with Crippen LogP contribution in [0.1, 0.15) is 6.42 Å². The van der Waals surface area contributed by atoms with Crippen LogP contribution in [0.25, 0.3) is 0 Å². The van der Waals surface area contributed by atoms with E-state index >= 15 is 0 Å². The molecule has 1 saturated heterocycles. The van der Waals surface area contributed by atoms with Crippen molar-refractivity contribution in [3.63, 3.8) is 0 Å². The van der Waals surface area contributed by atoms with Crippen LogP contribution in [-0.2, 0) is 4.79 Å². The molecular formula is C16H26N4O2. The van der Waals surface area contributed by atoms with Gasteiger partial charge in [-0.3, -0.25) is 9.69 Å². The van der Waals surface area contributed by atoms with Gasteiger partial charge in [0.1, 0.15) is 5.75 Å². The Morgan fingerprint density at radius 1 is 1.27 bits per heavy atom. The van der Waals surface area contributed by atoms with Gasteiger partial charge in [-0.05, 0) is 25.1 Å². The molecule has 0 unspecified atom stereocenters. The molecule has 2 rings (SSSR count). The fraction of sp³-hybridized carbons (Fsp3) is 0.562. The number of benzene rings is 1. The van der Waals surface area contributed by atoms with E-state index in [4.69, 9.17) is 10.5 Å². The van der Waals surface area contributed by atoms with Crippen molar-refractivity contribution >= 4 is 11.6 Å². The number of rotatable bonds is 7. The molecule has 0 bridgehead atoms. The second-order valence-corrected chi connectivity index (χ2v) is 5.41. The number of carbonyl (C=O) groups excluding carboxylic acids is 1. The summed E-state index contributed by atoms with van der Waals surface area (Å²) in [6.07, 6.45) is 0.959. The average molecular weight is 306 g/mol. The molecule has 1 amide bonds. The van der Waals surface area contributed by atoms with Gasteiger partial charge >= 0.3 is 0 Å². The predicted octanol–water partition coefficient (Wildman–Crippen LogP) is 0.282. The van der Waals surface area contributed by atoms with Crippen LogP contribution in [0.4, 0.5) is 5.69 Å². The van der Waals surface area contributed by atoms with E-state index in [2.05, 4.69) is 21.2 Å². The zero-order valence-electron chi connectivity index (χ0n) is 13.3. The summed E-state index contributed by atoms with van der Waals surface area (Å²) >= 11 is 0. The molecule has 0 atom stereocenters. The largest absolute Gasteiger partial charge is 0.495 e. The highest BCUT2D eigenvalue weighted by Crippen LogP contribution is 2.28. The van der Waals surface area contributed by atoms with Crippen molar-refractivity contribution in [2.75, 3.05) is 57.8 Å². The summed E-state index contributed by atoms with van der Waals surface area (Å²) < 4.78 is 5.43. The molecule has 1 aromatic rings. The minimum atomic E-state index is -0.0824. The molecule has 1 heterocycles. The van der Waals surface area contributed by atoms with Crippen molar-refractivity contribution in [3.05, 3.63) is 24.3 Å². The van der Waals surface area contributed by atoms with Gasteiger partial charge in [0.25, 0.3) is 0 Å². The van der Waals surface area contributed by atoms with Gasteiger partial charge in [0.2, 0.25) is 5.91 Å². The van der Waals surface area contributed by atoms with Crippen LogP contribution in [0.3, 0.4) is 0 Å². The summed E-state index contributed by atoms with van der Waals surface area (Å²) in [6, 6.07) is 8.15. The molecule has 3 N–H and O–H groups in total. The third-order valence-corrected chi connectivity index (χ3v) is 3.96. The Hall–Kier alpha value is -1.79. The Morgan fingerprint density at radius 2 is 2.00 bits per heavy atom. The molecular weight excluding hydrogens is 280 g/mol. The summed E-state index contributed by atoms with van der Waals surface area (Å²) in [7, 11) is 1.71. The van der Waals surface area contributed by atoms with Crippen molar-refractivity contribution in [3.8, 4) is 5.75 Å². The quantitative estimate of drug-likeness (QED) is 0.708. The highest BCUT2D eigenvalue weighted by Gasteiger charge is 2.18. The average Bonchev–Trinajstić information content (AvgIpc) is 2.59. The summed E-state index contributed by atoms with van der Waals surface area (Å²) in [5, 5.41) is 2.80. The molecule has 22 heavy (non-hydrogen) atoms. The molecule has 1 aromatic carbocycles. The van der Waals surface area contributed by atoms with Crippen LogP contribution in [0, 0.1) is 0 Å². The molecule has 0 aromatic heterocycles. The lowest BCUT2D eigenvalue weighted by Gasteiger charge is -2.36. The molecule has 0 spiro atoms. The zero-order chi connectivity index (χ0) is 15.8. The Morgan fingerprint density at radius 3 is 2.68 bits per heavy atom. The van der Waals surface area contributed by atoms with Crippen molar-refractivity contribution < 1.29 is 9.53 Å². The summed E-state index contributed by atoms with van der Waals surface area (Å²) in [5.41, 5.74) is 6.42. The molecule has 6 nitrogen and oxygen atoms in total. The van der Waals surface area contributed by atoms with Gasteiger partial charge in [0.05, 0.1) is 19.3 Å². The number of anilines is 1. The van der Waals surface area contributed by atoms with Crippen molar-refractivity contribution in [2.45, 2.75) is 6.42 Å². The molecule has 122 valence electrons. The number of amides is 1. The van der Waals surface area contributed by atoms with Gasteiger partial charge in [-0.25, -0.2) is 0 Å². The Kier molecular flexibility index (Phi) is 6.48. The van der Waals surface area contributed by atoms with Crippen LogP contribution in [-0.4, -0.2) is 63.7 Å². The fourth-order valence-corrected chi connectivity index (χ4v) is 2.71. The molecule has 0 aliphatic carbocycles. The molecule has 1 fully saturated rings. The number of carbonyl (C=O) groups is 1. The van der Waals surface area contributed by atoms with E-state index in [0.717, 1.165) is 44.9 Å². The Labute approximate surface area is 132 Å². The van der Waals surface area contributed by atoms with Gasteiger partial charge in [-0.2, -0.15) is 0 Å². The fourth-order valence-electron chi connectivity index (χ4n) is 2.71. The van der Waals surface area contributed by atoms with Gasteiger partial charge in [0, 0.05) is 32.7 Å². The van der Waals surface area contributed by atoms with Crippen LogP contribution in [0.15, 0.2) is 24.3 Å². The van der Waals surface area contributed by atoms with Crippen molar-refractivity contribution in [1.29, 1.82) is 0 Å². The first-order valence-electron chi connectivity index (χ1n) is 7.81. The summed E-state index contributed by atoms with van der Waals surface area (Å²) in [4.78, 5) is 15.9. The summed E-state index contributed by atoms with van der Waals surface area (Å²) in [5.74, 6) is 0.849. The van der Waals surface area contributed by atoms with Crippen LogP contribution < -0.4 is 20.7 Å². The van der Waals surface area contributed by atoms with E-state index in [0.29, 0.717) is 6.54 Å². The van der Waals surface area contributed by atoms with Gasteiger partial charge in [0.15, 0.2) is 0 Å². The summed E-state index contributed by atoms with van der Waals surface area (Å²) in [6.45, 7) is 5.82. The topological polar surface area (TPSA) is 70.8 Å². The number of para-hydroxylation sites is 2. The highest BCUT2D eigenvalue weighted by molar-refractivity contribution is 5.77. The maximum Gasteiger partial charge on any atom is 0.233 e. The van der Waals surface area contributed by atoms with E-state index in [9.17, 15) is 4.79 Å². The van der Waals surface area contributed by atoms with Gasteiger partial charge in [-0.15, -0.1) is 0 Å². The van der Waals surface area contributed by atoms with E-state index in [1.807, 2.05) is 18.2 Å². The van der Waals surface area contributed by atoms with Crippen LogP contribution in [0.5, 0.6) is 5.75 Å². The third-order valence-electron chi connectivity index (χ3n) is 3.96. The number of ether oxygens (including phenoxy) is 1. The molecule has 0 radical (unpaired) electrons. The lowest BCUT2D eigenvalue weighted by molar-refractivity contribution is -0.119.